The molecule has 3 heteroatoms. The summed E-state index contributed by atoms with van der Waals surface area (Å²) in [5.74, 6) is 0.902. The highest BCUT2D eigenvalue weighted by Gasteiger charge is 2.33. The Hall–Kier alpha value is -1.48. The van der Waals surface area contributed by atoms with Crippen molar-refractivity contribution in [2.75, 3.05) is 13.7 Å². The number of benzene rings is 1. The summed E-state index contributed by atoms with van der Waals surface area (Å²) in [6.07, 6.45) is 0. The fourth-order valence-electron chi connectivity index (χ4n) is 2.98. The first-order chi connectivity index (χ1) is 8.53. The van der Waals surface area contributed by atoms with Crippen molar-refractivity contribution in [3.63, 3.8) is 0 Å². The minimum atomic E-state index is 0.161. The number of hydrogen-bond acceptors (Lipinski definition) is 2. The highest BCUT2D eigenvalue weighted by atomic mass is 16.5. The van der Waals surface area contributed by atoms with Crippen molar-refractivity contribution in [1.82, 2.24) is 10.3 Å². The molecule has 1 aromatic heterocycles. The summed E-state index contributed by atoms with van der Waals surface area (Å²) in [6.45, 7) is 7.81. The van der Waals surface area contributed by atoms with Crippen LogP contribution in [0.5, 0.6) is 5.75 Å². The number of ether oxygens (including phenoxy) is 1. The first-order valence-electron chi connectivity index (χ1n) is 6.46. The second kappa shape index (κ2) is 3.75. The number of nitrogens with one attached hydrogen (secondary N) is 2. The normalized spacial score (nSPS) is 21.9. The van der Waals surface area contributed by atoms with Crippen molar-refractivity contribution < 1.29 is 4.74 Å². The van der Waals surface area contributed by atoms with Gasteiger partial charge in [-0.1, -0.05) is 13.8 Å². The van der Waals surface area contributed by atoms with E-state index >= 15 is 0 Å². The maximum Gasteiger partial charge on any atom is 0.120 e. The molecule has 3 nitrogen and oxygen atoms in total. The summed E-state index contributed by atoms with van der Waals surface area (Å²) >= 11 is 0. The average molecular weight is 244 g/mol. The molecule has 1 aliphatic rings. The van der Waals surface area contributed by atoms with Crippen molar-refractivity contribution in [2.24, 2.45) is 0 Å². The van der Waals surface area contributed by atoms with E-state index in [1.807, 2.05) is 6.07 Å². The van der Waals surface area contributed by atoms with Crippen molar-refractivity contribution >= 4 is 10.9 Å². The molecule has 2 aromatic rings. The Morgan fingerprint density at radius 3 is 2.83 bits per heavy atom. The van der Waals surface area contributed by atoms with Gasteiger partial charge in [-0.2, -0.15) is 0 Å². The number of fused-ring (bicyclic) bond motifs is 3. The number of H-pyrrole nitrogens is 1. The molecule has 1 unspecified atom stereocenters. The highest BCUT2D eigenvalue weighted by Crippen LogP contribution is 2.40. The van der Waals surface area contributed by atoms with Crippen LogP contribution in [0.15, 0.2) is 18.2 Å². The summed E-state index contributed by atoms with van der Waals surface area (Å²) in [7, 11) is 1.71. The predicted molar refractivity (Wildman–Crippen MR) is 74.3 cm³/mol. The van der Waals surface area contributed by atoms with Gasteiger partial charge in [0.05, 0.1) is 7.11 Å². The Bertz CT molecular complexity index is 598. The van der Waals surface area contributed by atoms with Crippen LogP contribution >= 0.6 is 0 Å². The van der Waals surface area contributed by atoms with Crippen molar-refractivity contribution in [3.8, 4) is 5.75 Å². The standard InChI is InChI=1S/C15H20N2O/c1-9-14-13(15(2,3)8-16-9)11-6-5-10(18-4)7-12(11)17-14/h5-7,9,16-17H,8H2,1-4H3. The van der Waals surface area contributed by atoms with Crippen molar-refractivity contribution in [2.45, 2.75) is 32.2 Å². The molecule has 0 spiro atoms. The van der Waals surface area contributed by atoms with E-state index in [-0.39, 0.29) is 5.41 Å². The zero-order valence-corrected chi connectivity index (χ0v) is 11.4. The highest BCUT2D eigenvalue weighted by molar-refractivity contribution is 5.87. The lowest BCUT2D eigenvalue weighted by atomic mass is 9.79. The third kappa shape index (κ3) is 1.54. The summed E-state index contributed by atoms with van der Waals surface area (Å²) in [6, 6.07) is 6.67. The van der Waals surface area contributed by atoms with Crippen LogP contribution in [0, 0.1) is 0 Å². The fraction of sp³-hybridized carbons (Fsp3) is 0.467. The molecule has 1 atom stereocenters. The first kappa shape index (κ1) is 11.6. The molecule has 2 N–H and O–H groups in total. The minimum Gasteiger partial charge on any atom is -0.497 e. The van der Waals surface area contributed by atoms with Gasteiger partial charge in [-0.3, -0.25) is 0 Å². The molecule has 0 aliphatic carbocycles. The maximum absolute atomic E-state index is 5.30. The molecule has 0 bridgehead atoms. The van der Waals surface area contributed by atoms with Gasteiger partial charge < -0.3 is 15.0 Å². The number of aromatic amines is 1. The molecule has 0 radical (unpaired) electrons. The van der Waals surface area contributed by atoms with Crippen LogP contribution in [0.25, 0.3) is 10.9 Å². The van der Waals surface area contributed by atoms with Gasteiger partial charge >= 0.3 is 0 Å². The van der Waals surface area contributed by atoms with E-state index in [2.05, 4.69) is 43.2 Å². The molecule has 1 aliphatic heterocycles. The summed E-state index contributed by atoms with van der Waals surface area (Å²) in [5, 5.41) is 4.88. The Morgan fingerprint density at radius 1 is 1.33 bits per heavy atom. The fourth-order valence-corrected chi connectivity index (χ4v) is 2.98. The number of rotatable bonds is 1. The molecule has 0 saturated carbocycles. The molecular formula is C15H20N2O. The van der Waals surface area contributed by atoms with Crippen molar-refractivity contribution in [1.29, 1.82) is 0 Å². The average Bonchev–Trinajstić information content (AvgIpc) is 2.74. The van der Waals surface area contributed by atoms with Gasteiger partial charge in [-0.05, 0) is 24.6 Å². The third-order valence-electron chi connectivity index (χ3n) is 3.99. The Morgan fingerprint density at radius 2 is 2.11 bits per heavy atom. The van der Waals surface area contributed by atoms with Gasteiger partial charge in [0, 0.05) is 40.7 Å². The Balaban J connectivity index is 2.30. The summed E-state index contributed by atoms with van der Waals surface area (Å²) in [5.41, 5.74) is 4.10. The largest absolute Gasteiger partial charge is 0.497 e. The molecule has 1 aromatic carbocycles. The van der Waals surface area contributed by atoms with Gasteiger partial charge in [0.15, 0.2) is 0 Å². The monoisotopic (exact) mass is 244 g/mol. The van der Waals surface area contributed by atoms with Crippen LogP contribution in [-0.2, 0) is 5.41 Å². The number of methoxy groups -OCH3 is 1. The zero-order chi connectivity index (χ0) is 12.9. The maximum atomic E-state index is 5.30. The smallest absolute Gasteiger partial charge is 0.120 e. The second-order valence-corrected chi connectivity index (χ2v) is 5.81. The second-order valence-electron chi connectivity index (χ2n) is 5.81. The van der Waals surface area contributed by atoms with E-state index in [9.17, 15) is 0 Å². The number of hydrogen-bond donors (Lipinski definition) is 2. The lowest BCUT2D eigenvalue weighted by Crippen LogP contribution is -2.40. The molecule has 2 heterocycles. The van der Waals surface area contributed by atoms with Gasteiger partial charge in [-0.15, -0.1) is 0 Å². The molecule has 0 fully saturated rings. The quantitative estimate of drug-likeness (QED) is 0.808. The molecule has 0 amide bonds. The zero-order valence-electron chi connectivity index (χ0n) is 11.4. The van der Waals surface area contributed by atoms with Crippen LogP contribution in [0.2, 0.25) is 0 Å². The summed E-state index contributed by atoms with van der Waals surface area (Å²) < 4.78 is 5.30. The molecule has 3 rings (SSSR count). The predicted octanol–water partition coefficient (Wildman–Crippen LogP) is 3.12. The van der Waals surface area contributed by atoms with E-state index in [4.69, 9.17) is 4.74 Å². The van der Waals surface area contributed by atoms with Crippen LogP contribution in [0.1, 0.15) is 38.1 Å². The molecular weight excluding hydrogens is 224 g/mol. The van der Waals surface area contributed by atoms with E-state index in [0.29, 0.717) is 6.04 Å². The van der Waals surface area contributed by atoms with Gasteiger partial charge in [0.2, 0.25) is 0 Å². The van der Waals surface area contributed by atoms with Crippen LogP contribution < -0.4 is 10.1 Å². The first-order valence-corrected chi connectivity index (χ1v) is 6.46. The molecule has 96 valence electrons. The third-order valence-corrected chi connectivity index (χ3v) is 3.99. The SMILES string of the molecule is COc1ccc2c3c([nH]c2c1)C(C)NCC3(C)C. The Labute approximate surface area is 108 Å². The van der Waals surface area contributed by atoms with E-state index in [1.54, 1.807) is 7.11 Å². The molecule has 0 saturated heterocycles. The summed E-state index contributed by atoms with van der Waals surface area (Å²) in [4.78, 5) is 3.55. The van der Waals surface area contributed by atoms with E-state index < -0.39 is 0 Å². The minimum absolute atomic E-state index is 0.161. The van der Waals surface area contributed by atoms with Crippen LogP contribution in [0.4, 0.5) is 0 Å². The topological polar surface area (TPSA) is 37.0 Å². The molecule has 18 heavy (non-hydrogen) atoms. The Kier molecular flexibility index (Phi) is 2.42. The van der Waals surface area contributed by atoms with E-state index in [1.165, 1.54) is 22.2 Å². The van der Waals surface area contributed by atoms with Crippen LogP contribution in [-0.4, -0.2) is 18.6 Å². The van der Waals surface area contributed by atoms with Gasteiger partial charge in [0.25, 0.3) is 0 Å². The van der Waals surface area contributed by atoms with Gasteiger partial charge in [0.1, 0.15) is 5.75 Å². The lowest BCUT2D eigenvalue weighted by Gasteiger charge is -2.34. The lowest BCUT2D eigenvalue weighted by molar-refractivity contribution is 0.394. The van der Waals surface area contributed by atoms with Gasteiger partial charge in [-0.25, -0.2) is 0 Å². The van der Waals surface area contributed by atoms with Crippen molar-refractivity contribution in [3.05, 3.63) is 29.5 Å². The van der Waals surface area contributed by atoms with Crippen LogP contribution in [0.3, 0.4) is 0 Å². The van der Waals surface area contributed by atoms with E-state index in [0.717, 1.165) is 12.3 Å². The number of aromatic nitrogens is 1.